The first-order valence-electron chi connectivity index (χ1n) is 9.76. The first-order chi connectivity index (χ1) is 12.8. The van der Waals surface area contributed by atoms with Gasteiger partial charge in [0.2, 0.25) is 11.8 Å². The maximum Gasteiger partial charge on any atom is 0.236 e. The summed E-state index contributed by atoms with van der Waals surface area (Å²) in [5.74, 6) is 1.85. The lowest BCUT2D eigenvalue weighted by Gasteiger charge is -2.34. The van der Waals surface area contributed by atoms with Gasteiger partial charge in [0.15, 0.2) is 0 Å². The zero-order valence-corrected chi connectivity index (χ0v) is 16.0. The number of oxazole rings is 1. The molecule has 1 aliphatic heterocycles. The van der Waals surface area contributed by atoms with Gasteiger partial charge in [-0.05, 0) is 23.8 Å². The average Bonchev–Trinajstić information content (AvgIpc) is 3.41. The molecule has 2 aromatic heterocycles. The molecule has 0 N–H and O–H groups in total. The minimum atomic E-state index is 0.345. The molecule has 5 nitrogen and oxygen atoms in total. The van der Waals surface area contributed by atoms with E-state index in [0.717, 1.165) is 62.1 Å². The highest BCUT2D eigenvalue weighted by atomic mass is 32.1. The predicted octanol–water partition coefficient (Wildman–Crippen LogP) is 4.02. The number of rotatable bonds is 6. The van der Waals surface area contributed by atoms with E-state index in [9.17, 15) is 4.79 Å². The fourth-order valence-corrected chi connectivity index (χ4v) is 4.72. The molecular weight excluding hydrogens is 346 g/mol. The van der Waals surface area contributed by atoms with E-state index >= 15 is 0 Å². The highest BCUT2D eigenvalue weighted by Crippen LogP contribution is 2.29. The molecule has 6 heteroatoms. The number of carbonyl (C=O) groups excluding carboxylic acids is 1. The maximum absolute atomic E-state index is 12.4. The molecule has 0 radical (unpaired) electrons. The Morgan fingerprint density at radius 3 is 2.77 bits per heavy atom. The van der Waals surface area contributed by atoms with Crippen LogP contribution in [-0.4, -0.2) is 46.9 Å². The molecule has 0 unspecified atom stereocenters. The van der Waals surface area contributed by atoms with Crippen LogP contribution in [0.5, 0.6) is 0 Å². The zero-order valence-electron chi connectivity index (χ0n) is 15.2. The normalized spacial score (nSPS) is 19.3. The summed E-state index contributed by atoms with van der Waals surface area (Å²) in [4.78, 5) is 22.5. The van der Waals surface area contributed by atoms with Gasteiger partial charge in [-0.15, -0.1) is 11.3 Å². The second-order valence-corrected chi connectivity index (χ2v) is 8.42. The molecule has 26 heavy (non-hydrogen) atoms. The van der Waals surface area contributed by atoms with E-state index in [1.54, 1.807) is 17.6 Å². The molecule has 1 aliphatic carbocycles. The van der Waals surface area contributed by atoms with Crippen molar-refractivity contribution in [1.82, 2.24) is 14.8 Å². The number of carbonyl (C=O) groups is 1. The third-order valence-electron chi connectivity index (χ3n) is 5.64. The Morgan fingerprint density at radius 2 is 2.04 bits per heavy atom. The van der Waals surface area contributed by atoms with E-state index in [1.165, 1.54) is 25.7 Å². The van der Waals surface area contributed by atoms with Crippen molar-refractivity contribution in [3.05, 3.63) is 29.5 Å². The largest absolute Gasteiger partial charge is 0.444 e. The summed E-state index contributed by atoms with van der Waals surface area (Å²) in [6.07, 6.45) is 8.94. The van der Waals surface area contributed by atoms with Gasteiger partial charge in [-0.25, -0.2) is 4.98 Å². The monoisotopic (exact) mass is 373 g/mol. The van der Waals surface area contributed by atoms with Gasteiger partial charge in [-0.2, -0.15) is 0 Å². The van der Waals surface area contributed by atoms with Gasteiger partial charge >= 0.3 is 0 Å². The van der Waals surface area contributed by atoms with Crippen LogP contribution in [0.2, 0.25) is 0 Å². The van der Waals surface area contributed by atoms with E-state index in [-0.39, 0.29) is 0 Å². The summed E-state index contributed by atoms with van der Waals surface area (Å²) < 4.78 is 5.60. The predicted molar refractivity (Wildman–Crippen MR) is 103 cm³/mol. The molecule has 0 bridgehead atoms. The molecule has 4 rings (SSSR count). The molecule has 1 saturated carbocycles. The minimum Gasteiger partial charge on any atom is -0.444 e. The Labute approximate surface area is 159 Å². The topological polar surface area (TPSA) is 49.6 Å². The second kappa shape index (κ2) is 8.35. The maximum atomic E-state index is 12.4. The first-order valence-corrected chi connectivity index (χ1v) is 10.6. The highest BCUT2D eigenvalue weighted by molar-refractivity contribution is 7.13. The van der Waals surface area contributed by atoms with Crippen LogP contribution in [0.1, 0.15) is 44.2 Å². The van der Waals surface area contributed by atoms with Gasteiger partial charge < -0.3 is 9.32 Å². The summed E-state index contributed by atoms with van der Waals surface area (Å²) in [7, 11) is 0. The van der Waals surface area contributed by atoms with E-state index in [1.807, 2.05) is 22.4 Å². The highest BCUT2D eigenvalue weighted by Gasteiger charge is 2.23. The Bertz CT molecular complexity index is 698. The number of hydrogen-bond donors (Lipinski definition) is 0. The van der Waals surface area contributed by atoms with Crippen molar-refractivity contribution in [2.45, 2.75) is 45.1 Å². The van der Waals surface area contributed by atoms with Crippen LogP contribution in [0, 0.1) is 5.92 Å². The number of hydrogen-bond acceptors (Lipinski definition) is 5. The molecule has 3 heterocycles. The molecular formula is C20H27N3O2S. The smallest absolute Gasteiger partial charge is 0.236 e. The van der Waals surface area contributed by atoms with Gasteiger partial charge in [0.05, 0.1) is 10.6 Å². The van der Waals surface area contributed by atoms with Crippen molar-refractivity contribution in [2.24, 2.45) is 5.92 Å². The number of aromatic nitrogens is 1. The lowest BCUT2D eigenvalue weighted by Crippen LogP contribution is -2.48. The molecule has 2 fully saturated rings. The first kappa shape index (κ1) is 17.7. The fourth-order valence-electron chi connectivity index (χ4n) is 4.06. The molecule has 140 valence electrons. The summed E-state index contributed by atoms with van der Waals surface area (Å²) in [6.45, 7) is 4.28. The number of nitrogens with zero attached hydrogens (tertiary/aromatic N) is 3. The summed E-state index contributed by atoms with van der Waals surface area (Å²) in [6, 6.07) is 4.03. The number of amides is 1. The van der Waals surface area contributed by atoms with Crippen LogP contribution >= 0.6 is 11.3 Å². The van der Waals surface area contributed by atoms with Crippen LogP contribution in [0.15, 0.2) is 28.2 Å². The van der Waals surface area contributed by atoms with Crippen molar-refractivity contribution in [2.75, 3.05) is 26.2 Å². The molecule has 2 aliphatic rings. The van der Waals surface area contributed by atoms with Gasteiger partial charge in [0.25, 0.3) is 0 Å². The Hall–Kier alpha value is -1.66. The van der Waals surface area contributed by atoms with Crippen molar-refractivity contribution in [1.29, 1.82) is 0 Å². The summed E-state index contributed by atoms with van der Waals surface area (Å²) in [5.41, 5.74) is 0.967. The van der Waals surface area contributed by atoms with Crippen LogP contribution < -0.4 is 0 Å². The average molecular weight is 374 g/mol. The van der Waals surface area contributed by atoms with Crippen LogP contribution in [-0.2, 0) is 11.3 Å². The van der Waals surface area contributed by atoms with Crippen molar-refractivity contribution >= 4 is 17.2 Å². The van der Waals surface area contributed by atoms with Gasteiger partial charge in [-0.3, -0.25) is 9.69 Å². The third kappa shape index (κ3) is 4.35. The van der Waals surface area contributed by atoms with Crippen molar-refractivity contribution in [3.8, 4) is 10.8 Å². The van der Waals surface area contributed by atoms with E-state index < -0.39 is 0 Å². The molecule has 0 atom stereocenters. The van der Waals surface area contributed by atoms with E-state index in [4.69, 9.17) is 4.42 Å². The fraction of sp³-hybridized carbons (Fsp3) is 0.600. The van der Waals surface area contributed by atoms with Crippen LogP contribution in [0.3, 0.4) is 0 Å². The van der Waals surface area contributed by atoms with Gasteiger partial charge in [-0.1, -0.05) is 31.7 Å². The molecule has 1 saturated heterocycles. The zero-order chi connectivity index (χ0) is 17.8. The summed E-state index contributed by atoms with van der Waals surface area (Å²) in [5, 5.41) is 2.03. The standard InChI is InChI=1S/C20H27N3O2S/c24-19(8-7-16-4-1-2-5-16)23-11-9-22(10-12-23)14-17-15-25-20(21-17)18-6-3-13-26-18/h3,6,13,15-16H,1-2,4-5,7-12,14H2. The quantitative estimate of drug-likeness (QED) is 0.767. The Kier molecular flexibility index (Phi) is 5.70. The van der Waals surface area contributed by atoms with E-state index in [2.05, 4.69) is 9.88 Å². The SMILES string of the molecule is O=C(CCC1CCCC1)N1CCN(Cc2coc(-c3cccs3)n2)CC1. The summed E-state index contributed by atoms with van der Waals surface area (Å²) >= 11 is 1.64. The molecule has 1 amide bonds. The number of thiophene rings is 1. The Morgan fingerprint density at radius 1 is 1.23 bits per heavy atom. The van der Waals surface area contributed by atoms with Crippen molar-refractivity contribution < 1.29 is 9.21 Å². The number of piperazine rings is 1. The Balaban J connectivity index is 1.21. The van der Waals surface area contributed by atoms with Crippen LogP contribution in [0.25, 0.3) is 10.8 Å². The van der Waals surface area contributed by atoms with E-state index in [0.29, 0.717) is 11.8 Å². The lowest BCUT2D eigenvalue weighted by molar-refractivity contribution is -0.133. The molecule has 0 aromatic carbocycles. The van der Waals surface area contributed by atoms with Gasteiger partial charge in [0.1, 0.15) is 6.26 Å². The van der Waals surface area contributed by atoms with Crippen LogP contribution in [0.4, 0.5) is 0 Å². The molecule has 0 spiro atoms. The lowest BCUT2D eigenvalue weighted by atomic mass is 10.0. The van der Waals surface area contributed by atoms with Crippen molar-refractivity contribution in [3.63, 3.8) is 0 Å². The molecule has 2 aromatic rings. The van der Waals surface area contributed by atoms with Gasteiger partial charge in [0, 0.05) is 39.1 Å². The third-order valence-corrected chi connectivity index (χ3v) is 6.49. The second-order valence-electron chi connectivity index (χ2n) is 7.47. The minimum absolute atomic E-state index is 0.345.